The molecule has 1 saturated heterocycles. The summed E-state index contributed by atoms with van der Waals surface area (Å²) in [7, 11) is 0. The molecule has 0 unspecified atom stereocenters. The average molecular weight is 313 g/mol. The summed E-state index contributed by atoms with van der Waals surface area (Å²) >= 11 is 0. The third-order valence-electron chi connectivity index (χ3n) is 4.45. The average Bonchev–Trinajstić information content (AvgIpc) is 2.97. The van der Waals surface area contributed by atoms with Gasteiger partial charge < -0.3 is 14.8 Å². The van der Waals surface area contributed by atoms with Gasteiger partial charge in [0.1, 0.15) is 0 Å². The largest absolute Gasteiger partial charge is 0.361 e. The number of amides is 2. The zero-order valence-electron chi connectivity index (χ0n) is 13.7. The molecule has 5 heteroatoms. The van der Waals surface area contributed by atoms with E-state index in [0.29, 0.717) is 32.6 Å². The number of nitrogens with one attached hydrogen (secondary N) is 1. The molecule has 0 aliphatic carbocycles. The van der Waals surface area contributed by atoms with E-state index in [1.54, 1.807) is 0 Å². The molecule has 1 fully saturated rings. The van der Waals surface area contributed by atoms with E-state index in [4.69, 9.17) is 0 Å². The maximum Gasteiger partial charge on any atom is 0.227 e. The SMILES string of the molecule is CC(C)C(=O)N1CCN(C(=O)Cc2c[nH]c3ccccc23)CC1. The van der Waals surface area contributed by atoms with Crippen molar-refractivity contribution in [2.75, 3.05) is 26.2 Å². The first-order valence-electron chi connectivity index (χ1n) is 8.18. The third kappa shape index (κ3) is 3.23. The Kier molecular flexibility index (Phi) is 4.37. The molecule has 122 valence electrons. The molecule has 1 N–H and O–H groups in total. The maximum absolute atomic E-state index is 12.5. The molecule has 0 saturated carbocycles. The van der Waals surface area contributed by atoms with Crippen molar-refractivity contribution in [3.63, 3.8) is 0 Å². The van der Waals surface area contributed by atoms with E-state index in [9.17, 15) is 9.59 Å². The van der Waals surface area contributed by atoms with E-state index in [1.807, 2.05) is 54.1 Å². The van der Waals surface area contributed by atoms with Crippen molar-refractivity contribution >= 4 is 22.7 Å². The number of carbonyl (C=O) groups is 2. The first kappa shape index (κ1) is 15.6. The standard InChI is InChI=1S/C18H23N3O2/c1-13(2)18(23)21-9-7-20(8-10-21)17(22)11-14-12-19-16-6-4-3-5-15(14)16/h3-6,12-13,19H,7-11H2,1-2H3. The van der Waals surface area contributed by atoms with Crippen molar-refractivity contribution in [1.82, 2.24) is 14.8 Å². The van der Waals surface area contributed by atoms with Crippen molar-refractivity contribution in [2.45, 2.75) is 20.3 Å². The van der Waals surface area contributed by atoms with Crippen LogP contribution in [0.5, 0.6) is 0 Å². The number of para-hydroxylation sites is 1. The second-order valence-corrected chi connectivity index (χ2v) is 6.40. The van der Waals surface area contributed by atoms with Crippen molar-refractivity contribution in [3.8, 4) is 0 Å². The lowest BCUT2D eigenvalue weighted by atomic mass is 10.1. The van der Waals surface area contributed by atoms with E-state index in [0.717, 1.165) is 16.5 Å². The van der Waals surface area contributed by atoms with Crippen LogP contribution >= 0.6 is 0 Å². The van der Waals surface area contributed by atoms with Gasteiger partial charge in [-0.05, 0) is 11.6 Å². The van der Waals surface area contributed by atoms with Gasteiger partial charge in [-0.25, -0.2) is 0 Å². The topological polar surface area (TPSA) is 56.4 Å². The highest BCUT2D eigenvalue weighted by Crippen LogP contribution is 2.19. The van der Waals surface area contributed by atoms with Crippen molar-refractivity contribution in [1.29, 1.82) is 0 Å². The summed E-state index contributed by atoms with van der Waals surface area (Å²) in [6, 6.07) is 8.02. The number of piperazine rings is 1. The Balaban J connectivity index is 1.61. The van der Waals surface area contributed by atoms with Gasteiger partial charge in [0, 0.05) is 49.2 Å². The molecule has 3 rings (SSSR count). The molecule has 1 aliphatic rings. The Morgan fingerprint density at radius 1 is 1.09 bits per heavy atom. The fourth-order valence-corrected chi connectivity index (χ4v) is 3.09. The number of hydrogen-bond acceptors (Lipinski definition) is 2. The lowest BCUT2D eigenvalue weighted by Crippen LogP contribution is -2.51. The van der Waals surface area contributed by atoms with Gasteiger partial charge in [0.2, 0.25) is 11.8 Å². The minimum Gasteiger partial charge on any atom is -0.361 e. The van der Waals surface area contributed by atoms with Crippen LogP contribution in [-0.2, 0) is 16.0 Å². The number of hydrogen-bond donors (Lipinski definition) is 1. The molecule has 2 aromatic rings. The number of carbonyl (C=O) groups excluding carboxylic acids is 2. The van der Waals surface area contributed by atoms with Crippen LogP contribution < -0.4 is 0 Å². The fraction of sp³-hybridized carbons (Fsp3) is 0.444. The summed E-state index contributed by atoms with van der Waals surface area (Å²) < 4.78 is 0. The van der Waals surface area contributed by atoms with E-state index < -0.39 is 0 Å². The summed E-state index contributed by atoms with van der Waals surface area (Å²) in [5.74, 6) is 0.323. The summed E-state index contributed by atoms with van der Waals surface area (Å²) in [6.45, 7) is 6.35. The molecule has 1 aromatic heterocycles. The summed E-state index contributed by atoms with van der Waals surface area (Å²) in [5.41, 5.74) is 2.09. The molecule has 5 nitrogen and oxygen atoms in total. The third-order valence-corrected chi connectivity index (χ3v) is 4.45. The molecule has 2 heterocycles. The van der Waals surface area contributed by atoms with Gasteiger partial charge in [-0.15, -0.1) is 0 Å². The Bertz CT molecular complexity index is 712. The van der Waals surface area contributed by atoms with E-state index >= 15 is 0 Å². The smallest absolute Gasteiger partial charge is 0.227 e. The molecule has 0 spiro atoms. The fourth-order valence-electron chi connectivity index (χ4n) is 3.09. The summed E-state index contributed by atoms with van der Waals surface area (Å²) in [5, 5.41) is 1.11. The number of nitrogens with zero attached hydrogens (tertiary/aromatic N) is 2. The first-order chi connectivity index (χ1) is 11.1. The molecule has 1 aromatic carbocycles. The van der Waals surface area contributed by atoms with Gasteiger partial charge in [-0.1, -0.05) is 32.0 Å². The summed E-state index contributed by atoms with van der Waals surface area (Å²) in [6.07, 6.45) is 2.32. The number of benzene rings is 1. The van der Waals surface area contributed by atoms with Crippen LogP contribution in [0.3, 0.4) is 0 Å². The maximum atomic E-state index is 12.5. The number of aromatic nitrogens is 1. The van der Waals surface area contributed by atoms with Crippen molar-refractivity contribution in [2.24, 2.45) is 5.92 Å². The minimum atomic E-state index is 0.0171. The predicted molar refractivity (Wildman–Crippen MR) is 90.0 cm³/mol. The number of rotatable bonds is 3. The molecule has 0 bridgehead atoms. The number of aromatic amines is 1. The van der Waals surface area contributed by atoms with Crippen LogP contribution in [0.1, 0.15) is 19.4 Å². The highest BCUT2D eigenvalue weighted by Gasteiger charge is 2.25. The Morgan fingerprint density at radius 3 is 2.43 bits per heavy atom. The Labute approximate surface area is 136 Å². The molecule has 23 heavy (non-hydrogen) atoms. The zero-order chi connectivity index (χ0) is 16.4. The van der Waals surface area contributed by atoms with Gasteiger partial charge in [0.15, 0.2) is 0 Å². The number of H-pyrrole nitrogens is 1. The predicted octanol–water partition coefficient (Wildman–Crippen LogP) is 2.04. The van der Waals surface area contributed by atoms with Crippen LogP contribution in [-0.4, -0.2) is 52.8 Å². The van der Waals surface area contributed by atoms with E-state index in [2.05, 4.69) is 4.98 Å². The van der Waals surface area contributed by atoms with E-state index in [1.165, 1.54) is 0 Å². The first-order valence-corrected chi connectivity index (χ1v) is 8.18. The molecule has 0 atom stereocenters. The van der Waals surface area contributed by atoms with Crippen LogP contribution in [0.25, 0.3) is 10.9 Å². The molecule has 1 aliphatic heterocycles. The highest BCUT2D eigenvalue weighted by atomic mass is 16.2. The second-order valence-electron chi connectivity index (χ2n) is 6.40. The van der Waals surface area contributed by atoms with Crippen LogP contribution in [0.4, 0.5) is 0 Å². The molecular weight excluding hydrogens is 290 g/mol. The van der Waals surface area contributed by atoms with Crippen LogP contribution in [0.2, 0.25) is 0 Å². The van der Waals surface area contributed by atoms with E-state index in [-0.39, 0.29) is 17.7 Å². The highest BCUT2D eigenvalue weighted by molar-refractivity contribution is 5.89. The minimum absolute atomic E-state index is 0.0171. The monoisotopic (exact) mass is 313 g/mol. The van der Waals surface area contributed by atoms with Gasteiger partial charge in [-0.2, -0.15) is 0 Å². The zero-order valence-corrected chi connectivity index (χ0v) is 13.7. The number of fused-ring (bicyclic) bond motifs is 1. The van der Waals surface area contributed by atoms with Crippen LogP contribution in [0.15, 0.2) is 30.5 Å². The normalized spacial score (nSPS) is 15.4. The van der Waals surface area contributed by atoms with Gasteiger partial charge in [-0.3, -0.25) is 9.59 Å². The van der Waals surface area contributed by atoms with Gasteiger partial charge >= 0.3 is 0 Å². The Morgan fingerprint density at radius 2 is 1.74 bits per heavy atom. The quantitative estimate of drug-likeness (QED) is 0.943. The Hall–Kier alpha value is -2.30. The van der Waals surface area contributed by atoms with Crippen molar-refractivity contribution < 1.29 is 9.59 Å². The molecule has 0 radical (unpaired) electrons. The second kappa shape index (κ2) is 6.44. The molecule has 2 amide bonds. The lowest BCUT2D eigenvalue weighted by molar-refractivity contribution is -0.141. The summed E-state index contributed by atoms with van der Waals surface area (Å²) in [4.78, 5) is 31.5. The van der Waals surface area contributed by atoms with Gasteiger partial charge in [0.25, 0.3) is 0 Å². The molecular formula is C18H23N3O2. The lowest BCUT2D eigenvalue weighted by Gasteiger charge is -2.35. The van der Waals surface area contributed by atoms with Crippen molar-refractivity contribution in [3.05, 3.63) is 36.0 Å². The van der Waals surface area contributed by atoms with Crippen LogP contribution in [0, 0.1) is 5.92 Å². The van der Waals surface area contributed by atoms with Gasteiger partial charge in [0.05, 0.1) is 6.42 Å².